The Hall–Kier alpha value is -3.81. The molecule has 1 aliphatic rings. The number of primary amides is 1. The van der Waals surface area contributed by atoms with Crippen LogP contribution >= 0.6 is 0 Å². The van der Waals surface area contributed by atoms with E-state index in [0.717, 1.165) is 30.4 Å². The van der Waals surface area contributed by atoms with E-state index in [-0.39, 0.29) is 28.0 Å². The fourth-order valence-electron chi connectivity index (χ4n) is 4.05. The molecule has 0 saturated heterocycles. The highest BCUT2D eigenvalue weighted by Gasteiger charge is 2.24. The van der Waals surface area contributed by atoms with E-state index in [1.165, 1.54) is 31.3 Å². The number of ether oxygens (including phenoxy) is 1. The Morgan fingerprint density at radius 3 is 2.57 bits per heavy atom. The van der Waals surface area contributed by atoms with Gasteiger partial charge in [-0.25, -0.2) is 12.7 Å². The number of sulfonamides is 1. The van der Waals surface area contributed by atoms with Gasteiger partial charge in [-0.15, -0.1) is 10.2 Å². The van der Waals surface area contributed by atoms with Crippen LogP contribution in [0.4, 0.5) is 23.1 Å². The Kier molecular flexibility index (Phi) is 7.57. The van der Waals surface area contributed by atoms with Gasteiger partial charge in [0.05, 0.1) is 18.5 Å². The standard InChI is InChI=1S/C24H30N8O4S/c1-5-32-11-10-15-13-19(36-4)18(12-16(15)14-32)27-24-28-23(21(22(25)33)29-30-24)26-17-8-6-7-9-20(17)37(34,35)31(2)3/h6-9,12-13H,5,10-11,14H2,1-4H3,(H2,25,33)(H2,26,27,28,30). The molecule has 4 rings (SSSR count). The van der Waals surface area contributed by atoms with Gasteiger partial charge in [0.15, 0.2) is 11.5 Å². The van der Waals surface area contributed by atoms with E-state index in [9.17, 15) is 13.2 Å². The predicted molar refractivity (Wildman–Crippen MR) is 140 cm³/mol. The van der Waals surface area contributed by atoms with E-state index in [4.69, 9.17) is 10.5 Å². The first-order chi connectivity index (χ1) is 17.6. The maximum atomic E-state index is 12.8. The van der Waals surface area contributed by atoms with Crippen LogP contribution in [0.5, 0.6) is 5.75 Å². The number of amides is 1. The summed E-state index contributed by atoms with van der Waals surface area (Å²) >= 11 is 0. The molecular formula is C24H30N8O4S. The van der Waals surface area contributed by atoms with E-state index in [0.29, 0.717) is 11.4 Å². The van der Waals surface area contributed by atoms with E-state index >= 15 is 0 Å². The molecule has 12 nitrogen and oxygen atoms in total. The SMILES string of the molecule is CCN1CCc2cc(OC)c(Nc3nnc(C(N)=O)c(Nc4ccccc4S(=O)(=O)N(C)C)n3)cc2C1. The van der Waals surface area contributed by atoms with Gasteiger partial charge in [-0.05, 0) is 48.4 Å². The first-order valence-corrected chi connectivity index (χ1v) is 13.1. The molecule has 1 amide bonds. The average molecular weight is 527 g/mol. The topological polar surface area (TPSA) is 156 Å². The van der Waals surface area contributed by atoms with E-state index in [1.807, 2.05) is 12.1 Å². The largest absolute Gasteiger partial charge is 0.495 e. The van der Waals surface area contributed by atoms with Crippen LogP contribution in [0.1, 0.15) is 28.5 Å². The maximum Gasteiger partial charge on any atom is 0.273 e. The maximum absolute atomic E-state index is 12.8. The Balaban J connectivity index is 1.71. The third-order valence-corrected chi connectivity index (χ3v) is 8.00. The van der Waals surface area contributed by atoms with Crippen molar-refractivity contribution in [1.29, 1.82) is 0 Å². The quantitative estimate of drug-likeness (QED) is 0.377. The number of anilines is 4. The summed E-state index contributed by atoms with van der Waals surface area (Å²) in [4.78, 5) is 18.8. The number of carbonyl (C=O) groups excluding carboxylic acids is 1. The van der Waals surface area contributed by atoms with Crippen molar-refractivity contribution in [2.75, 3.05) is 44.9 Å². The van der Waals surface area contributed by atoms with E-state index in [2.05, 4.69) is 37.6 Å². The number of nitrogens with two attached hydrogens (primary N) is 1. The molecule has 2 aromatic carbocycles. The van der Waals surface area contributed by atoms with Crippen molar-refractivity contribution < 1.29 is 17.9 Å². The summed E-state index contributed by atoms with van der Waals surface area (Å²) in [5.74, 6) is -0.224. The van der Waals surface area contributed by atoms with Crippen molar-refractivity contribution in [2.45, 2.75) is 24.8 Å². The first-order valence-electron chi connectivity index (χ1n) is 11.7. The monoisotopic (exact) mass is 526 g/mol. The van der Waals surface area contributed by atoms with Gasteiger partial charge in [-0.1, -0.05) is 19.1 Å². The van der Waals surface area contributed by atoms with E-state index in [1.54, 1.807) is 25.3 Å². The number of hydrogen-bond acceptors (Lipinski definition) is 10. The van der Waals surface area contributed by atoms with Gasteiger partial charge >= 0.3 is 0 Å². The average Bonchev–Trinajstić information content (AvgIpc) is 2.88. The lowest BCUT2D eigenvalue weighted by Crippen LogP contribution is -2.30. The highest BCUT2D eigenvalue weighted by atomic mass is 32.2. The molecule has 0 bridgehead atoms. The van der Waals surface area contributed by atoms with Crippen LogP contribution in [0.15, 0.2) is 41.3 Å². The molecule has 0 saturated carbocycles. The molecular weight excluding hydrogens is 496 g/mol. The number of hydrogen-bond donors (Lipinski definition) is 3. The number of fused-ring (bicyclic) bond motifs is 1. The minimum absolute atomic E-state index is 0.000349. The van der Waals surface area contributed by atoms with Crippen molar-refractivity contribution >= 4 is 39.1 Å². The summed E-state index contributed by atoms with van der Waals surface area (Å²) in [6.45, 7) is 4.88. The number of likely N-dealkylation sites (N-methyl/N-ethyl adjacent to an activating group) is 1. The van der Waals surface area contributed by atoms with Gasteiger partial charge in [0.25, 0.3) is 5.91 Å². The molecule has 0 aliphatic carbocycles. The fourth-order valence-corrected chi connectivity index (χ4v) is 5.09. The molecule has 0 fully saturated rings. The van der Waals surface area contributed by atoms with Crippen molar-refractivity contribution in [3.8, 4) is 5.75 Å². The summed E-state index contributed by atoms with van der Waals surface area (Å²) in [6, 6.07) is 10.3. The Morgan fingerprint density at radius 1 is 1.14 bits per heavy atom. The van der Waals surface area contributed by atoms with Crippen molar-refractivity contribution in [3.05, 3.63) is 53.2 Å². The second kappa shape index (κ2) is 10.7. The van der Waals surface area contributed by atoms with Crippen LogP contribution in [0.2, 0.25) is 0 Å². The van der Waals surface area contributed by atoms with Crippen LogP contribution in [0.3, 0.4) is 0 Å². The summed E-state index contributed by atoms with van der Waals surface area (Å²) in [6.07, 6.45) is 0.925. The van der Waals surface area contributed by atoms with Gasteiger partial charge in [-0.3, -0.25) is 9.69 Å². The molecule has 1 aliphatic heterocycles. The van der Waals surface area contributed by atoms with Gasteiger partial charge in [0.1, 0.15) is 10.6 Å². The number of nitrogens with zero attached hydrogens (tertiary/aromatic N) is 5. The van der Waals surface area contributed by atoms with Crippen LogP contribution in [-0.4, -0.2) is 73.0 Å². The lowest BCUT2D eigenvalue weighted by atomic mass is 9.98. The smallest absolute Gasteiger partial charge is 0.273 e. The molecule has 1 aromatic heterocycles. The van der Waals surface area contributed by atoms with Gasteiger partial charge in [0.2, 0.25) is 16.0 Å². The second-order valence-corrected chi connectivity index (χ2v) is 10.8. The molecule has 3 aromatic rings. The summed E-state index contributed by atoms with van der Waals surface area (Å²) in [7, 11) is 0.655. The highest BCUT2D eigenvalue weighted by Crippen LogP contribution is 2.33. The molecule has 0 radical (unpaired) electrons. The lowest BCUT2D eigenvalue weighted by Gasteiger charge is -2.28. The van der Waals surface area contributed by atoms with E-state index < -0.39 is 15.9 Å². The molecule has 37 heavy (non-hydrogen) atoms. The number of rotatable bonds is 9. The molecule has 196 valence electrons. The number of para-hydroxylation sites is 1. The Labute approximate surface area is 215 Å². The number of aromatic nitrogens is 3. The minimum Gasteiger partial charge on any atom is -0.495 e. The highest BCUT2D eigenvalue weighted by molar-refractivity contribution is 7.89. The van der Waals surface area contributed by atoms with Crippen molar-refractivity contribution in [1.82, 2.24) is 24.4 Å². The zero-order chi connectivity index (χ0) is 26.7. The third kappa shape index (κ3) is 5.48. The number of benzene rings is 2. The van der Waals surface area contributed by atoms with Crippen LogP contribution in [-0.2, 0) is 23.0 Å². The fraction of sp³-hybridized carbons (Fsp3) is 0.333. The molecule has 0 unspecified atom stereocenters. The van der Waals surface area contributed by atoms with Crippen LogP contribution in [0, 0.1) is 0 Å². The molecule has 0 atom stereocenters. The predicted octanol–water partition coefficient (Wildman–Crippen LogP) is 2.09. The normalized spacial score (nSPS) is 13.8. The first kappa shape index (κ1) is 26.3. The lowest BCUT2D eigenvalue weighted by molar-refractivity contribution is 0.0995. The molecule has 0 spiro atoms. The second-order valence-electron chi connectivity index (χ2n) is 8.67. The summed E-state index contributed by atoms with van der Waals surface area (Å²) in [5, 5.41) is 14.0. The number of methoxy groups -OCH3 is 1. The van der Waals surface area contributed by atoms with Gasteiger partial charge in [-0.2, -0.15) is 4.98 Å². The van der Waals surface area contributed by atoms with Crippen molar-refractivity contribution in [2.24, 2.45) is 5.73 Å². The number of carbonyl (C=O) groups is 1. The van der Waals surface area contributed by atoms with Gasteiger partial charge < -0.3 is 21.1 Å². The zero-order valence-electron chi connectivity index (χ0n) is 21.1. The summed E-state index contributed by atoms with van der Waals surface area (Å²) < 4.78 is 32.3. The molecule has 13 heteroatoms. The zero-order valence-corrected chi connectivity index (χ0v) is 22.0. The minimum atomic E-state index is -3.79. The molecule has 4 N–H and O–H groups in total. The third-order valence-electron chi connectivity index (χ3n) is 6.13. The number of nitrogens with one attached hydrogen (secondary N) is 2. The Morgan fingerprint density at radius 2 is 1.89 bits per heavy atom. The van der Waals surface area contributed by atoms with Crippen LogP contribution < -0.4 is 21.1 Å². The molecule has 2 heterocycles. The van der Waals surface area contributed by atoms with Crippen LogP contribution in [0.25, 0.3) is 0 Å². The summed E-state index contributed by atoms with van der Waals surface area (Å²) in [5.41, 5.74) is 8.48. The Bertz CT molecular complexity index is 1430. The van der Waals surface area contributed by atoms with Crippen molar-refractivity contribution in [3.63, 3.8) is 0 Å². The van der Waals surface area contributed by atoms with Gasteiger partial charge in [0, 0.05) is 27.2 Å².